The summed E-state index contributed by atoms with van der Waals surface area (Å²) in [6, 6.07) is 7.16. The lowest BCUT2D eigenvalue weighted by molar-refractivity contribution is 0.102. The van der Waals surface area contributed by atoms with Crippen LogP contribution in [0.4, 0.5) is 5.69 Å². The lowest BCUT2D eigenvalue weighted by Crippen LogP contribution is -2.16. The Hall–Kier alpha value is -2.96. The van der Waals surface area contributed by atoms with Gasteiger partial charge in [-0.15, -0.1) is 0 Å². The molecule has 1 aromatic heterocycles. The zero-order chi connectivity index (χ0) is 15.4. The van der Waals surface area contributed by atoms with Gasteiger partial charge in [-0.05, 0) is 12.1 Å². The van der Waals surface area contributed by atoms with Crippen molar-refractivity contribution in [3.8, 4) is 17.4 Å². The van der Waals surface area contributed by atoms with E-state index in [1.54, 1.807) is 18.2 Å². The summed E-state index contributed by atoms with van der Waals surface area (Å²) < 4.78 is 10.2. The zero-order valence-corrected chi connectivity index (χ0v) is 11.5. The second-order valence-electron chi connectivity index (χ2n) is 4.14. The van der Waals surface area contributed by atoms with Gasteiger partial charge >= 0.3 is 0 Å². The largest absolute Gasteiger partial charge is 0.497 e. The highest BCUT2D eigenvalue weighted by Crippen LogP contribution is 2.29. The third kappa shape index (κ3) is 3.33. The van der Waals surface area contributed by atoms with Gasteiger partial charge in [-0.25, -0.2) is 0 Å². The first kappa shape index (κ1) is 14.4. The van der Waals surface area contributed by atoms with Gasteiger partial charge in [0, 0.05) is 18.2 Å². The van der Waals surface area contributed by atoms with Gasteiger partial charge in [0.25, 0.3) is 11.5 Å². The first-order chi connectivity index (χ1) is 10.0. The van der Waals surface area contributed by atoms with E-state index in [1.807, 2.05) is 0 Å². The van der Waals surface area contributed by atoms with E-state index in [-0.39, 0.29) is 11.4 Å². The number of amides is 1. The molecule has 21 heavy (non-hydrogen) atoms. The number of carbonyl (C=O) groups excluding carboxylic acids is 1. The number of methoxy groups -OCH3 is 2. The molecule has 0 spiro atoms. The molecular weight excluding hydrogens is 276 g/mol. The number of ether oxygens (including phenoxy) is 2. The number of hydrogen-bond acceptors (Lipinski definition) is 5. The molecule has 0 saturated heterocycles. The Morgan fingerprint density at radius 1 is 1.19 bits per heavy atom. The van der Waals surface area contributed by atoms with Gasteiger partial charge < -0.3 is 19.9 Å². The molecule has 0 atom stereocenters. The SMILES string of the molecule is COc1ccc(OC)c(NC(=O)c2cc(O)[nH]c(=O)c2)c1. The molecule has 1 amide bonds. The van der Waals surface area contributed by atoms with Crippen molar-refractivity contribution in [1.82, 2.24) is 4.98 Å². The fourth-order valence-corrected chi connectivity index (χ4v) is 1.77. The summed E-state index contributed by atoms with van der Waals surface area (Å²) in [5.41, 5.74) is -0.152. The number of aromatic amines is 1. The van der Waals surface area contributed by atoms with Gasteiger partial charge in [-0.3, -0.25) is 14.6 Å². The molecule has 0 aliphatic rings. The number of H-pyrrole nitrogens is 1. The quantitative estimate of drug-likeness (QED) is 0.789. The maximum Gasteiger partial charge on any atom is 0.256 e. The van der Waals surface area contributed by atoms with Crippen molar-refractivity contribution in [3.05, 3.63) is 46.2 Å². The van der Waals surface area contributed by atoms with Crippen LogP contribution in [0.1, 0.15) is 10.4 Å². The van der Waals surface area contributed by atoms with E-state index in [9.17, 15) is 14.7 Å². The van der Waals surface area contributed by atoms with E-state index in [4.69, 9.17) is 9.47 Å². The second-order valence-corrected chi connectivity index (χ2v) is 4.14. The van der Waals surface area contributed by atoms with Gasteiger partial charge in [0.05, 0.1) is 25.5 Å². The molecular formula is C14H14N2O5. The normalized spacial score (nSPS) is 10.0. The Labute approximate surface area is 120 Å². The van der Waals surface area contributed by atoms with Gasteiger partial charge in [0.15, 0.2) is 5.88 Å². The first-order valence-corrected chi connectivity index (χ1v) is 6.00. The topological polar surface area (TPSA) is 101 Å². The maximum absolute atomic E-state index is 12.1. The molecule has 0 saturated carbocycles. The van der Waals surface area contributed by atoms with Crippen LogP contribution < -0.4 is 20.3 Å². The number of aromatic hydroxyl groups is 1. The van der Waals surface area contributed by atoms with Crippen molar-refractivity contribution in [1.29, 1.82) is 0 Å². The highest BCUT2D eigenvalue weighted by Gasteiger charge is 2.12. The summed E-state index contributed by atoms with van der Waals surface area (Å²) in [6.45, 7) is 0. The standard InChI is InChI=1S/C14H14N2O5/c1-20-9-3-4-11(21-2)10(7-9)15-14(19)8-5-12(17)16-13(18)6-8/h3-7H,1-2H3,(H,15,19)(H2,16,17,18). The van der Waals surface area contributed by atoms with Crippen LogP contribution in [0.3, 0.4) is 0 Å². The number of benzene rings is 1. The minimum Gasteiger partial charge on any atom is -0.497 e. The van der Waals surface area contributed by atoms with Gasteiger partial charge in [0.1, 0.15) is 11.5 Å². The monoisotopic (exact) mass is 290 g/mol. The van der Waals surface area contributed by atoms with Crippen molar-refractivity contribution < 1.29 is 19.4 Å². The van der Waals surface area contributed by atoms with Crippen molar-refractivity contribution in [2.75, 3.05) is 19.5 Å². The summed E-state index contributed by atoms with van der Waals surface area (Å²) in [5, 5.41) is 11.9. The van der Waals surface area contributed by atoms with Gasteiger partial charge in [-0.1, -0.05) is 0 Å². The van der Waals surface area contributed by atoms with Gasteiger partial charge in [0.2, 0.25) is 0 Å². The first-order valence-electron chi connectivity index (χ1n) is 6.00. The Balaban J connectivity index is 2.32. The van der Waals surface area contributed by atoms with Crippen molar-refractivity contribution in [2.45, 2.75) is 0 Å². The predicted molar refractivity (Wildman–Crippen MR) is 76.2 cm³/mol. The molecule has 110 valence electrons. The summed E-state index contributed by atoms with van der Waals surface area (Å²) in [5.74, 6) is 0.0475. The van der Waals surface area contributed by atoms with E-state index >= 15 is 0 Å². The average Bonchev–Trinajstić information content (AvgIpc) is 2.46. The van der Waals surface area contributed by atoms with E-state index in [1.165, 1.54) is 14.2 Å². The molecule has 1 aromatic carbocycles. The fourth-order valence-electron chi connectivity index (χ4n) is 1.77. The molecule has 0 aliphatic carbocycles. The van der Waals surface area contributed by atoms with E-state index in [0.717, 1.165) is 12.1 Å². The molecule has 0 radical (unpaired) electrons. The number of hydrogen-bond donors (Lipinski definition) is 3. The van der Waals surface area contributed by atoms with Crippen LogP contribution in [0.2, 0.25) is 0 Å². The zero-order valence-electron chi connectivity index (χ0n) is 11.5. The summed E-state index contributed by atoms with van der Waals surface area (Å²) in [4.78, 5) is 25.5. The van der Waals surface area contributed by atoms with Crippen LogP contribution in [0.25, 0.3) is 0 Å². The number of carbonyl (C=O) groups is 1. The molecule has 0 unspecified atom stereocenters. The summed E-state index contributed by atoms with van der Waals surface area (Å²) in [6.07, 6.45) is 0. The van der Waals surface area contributed by atoms with E-state index in [2.05, 4.69) is 10.3 Å². The van der Waals surface area contributed by atoms with Crippen LogP contribution in [-0.2, 0) is 0 Å². The average molecular weight is 290 g/mol. The number of anilines is 1. The predicted octanol–water partition coefficient (Wildman–Crippen LogP) is 1.35. The Kier molecular flexibility index (Phi) is 4.13. The van der Waals surface area contributed by atoms with Gasteiger partial charge in [-0.2, -0.15) is 0 Å². The van der Waals surface area contributed by atoms with Crippen molar-refractivity contribution in [3.63, 3.8) is 0 Å². The summed E-state index contributed by atoms with van der Waals surface area (Å²) >= 11 is 0. The molecule has 3 N–H and O–H groups in total. The van der Waals surface area contributed by atoms with Crippen LogP contribution >= 0.6 is 0 Å². The van der Waals surface area contributed by atoms with E-state index < -0.39 is 11.5 Å². The van der Waals surface area contributed by atoms with Crippen molar-refractivity contribution in [2.24, 2.45) is 0 Å². The summed E-state index contributed by atoms with van der Waals surface area (Å²) in [7, 11) is 2.97. The highest BCUT2D eigenvalue weighted by molar-refractivity contribution is 6.05. The third-order valence-corrected chi connectivity index (χ3v) is 2.75. The third-order valence-electron chi connectivity index (χ3n) is 2.75. The number of aromatic nitrogens is 1. The van der Waals surface area contributed by atoms with Crippen LogP contribution in [0, 0.1) is 0 Å². The van der Waals surface area contributed by atoms with Crippen LogP contribution in [0.15, 0.2) is 35.1 Å². The molecule has 7 heteroatoms. The molecule has 0 fully saturated rings. The molecule has 1 heterocycles. The lowest BCUT2D eigenvalue weighted by atomic mass is 10.2. The fraction of sp³-hybridized carbons (Fsp3) is 0.143. The Morgan fingerprint density at radius 3 is 2.57 bits per heavy atom. The Bertz CT molecular complexity index is 724. The van der Waals surface area contributed by atoms with Crippen molar-refractivity contribution >= 4 is 11.6 Å². The number of nitrogens with one attached hydrogen (secondary N) is 2. The molecule has 0 bridgehead atoms. The number of rotatable bonds is 4. The molecule has 0 aliphatic heterocycles. The number of pyridine rings is 1. The van der Waals surface area contributed by atoms with Crippen LogP contribution in [-0.4, -0.2) is 30.2 Å². The second kappa shape index (κ2) is 6.00. The highest BCUT2D eigenvalue weighted by atomic mass is 16.5. The van der Waals surface area contributed by atoms with E-state index in [0.29, 0.717) is 17.2 Å². The van der Waals surface area contributed by atoms with Crippen LogP contribution in [0.5, 0.6) is 17.4 Å². The minimum atomic E-state index is -0.572. The Morgan fingerprint density at radius 2 is 1.95 bits per heavy atom. The lowest BCUT2D eigenvalue weighted by Gasteiger charge is -2.11. The molecule has 2 aromatic rings. The smallest absolute Gasteiger partial charge is 0.256 e. The maximum atomic E-state index is 12.1. The molecule has 7 nitrogen and oxygen atoms in total. The minimum absolute atomic E-state index is 0.0288. The molecule has 2 rings (SSSR count).